The zero-order valence-corrected chi connectivity index (χ0v) is 10.5. The Kier molecular flexibility index (Phi) is 4.00. The van der Waals surface area contributed by atoms with Crippen molar-refractivity contribution in [1.29, 1.82) is 0 Å². The lowest BCUT2D eigenvalue weighted by molar-refractivity contribution is 0.0687. The molecule has 0 saturated heterocycles. The van der Waals surface area contributed by atoms with E-state index in [9.17, 15) is 13.2 Å². The lowest BCUT2D eigenvalue weighted by atomic mass is 10.5. The summed E-state index contributed by atoms with van der Waals surface area (Å²) in [7, 11) is -2.30. The van der Waals surface area contributed by atoms with Crippen LogP contribution in [0.1, 0.15) is 23.8 Å². The molecule has 1 N–H and O–H groups in total. The van der Waals surface area contributed by atoms with E-state index < -0.39 is 21.7 Å². The Morgan fingerprint density at radius 1 is 1.62 bits per heavy atom. The Balaban J connectivity index is 3.17. The lowest BCUT2D eigenvalue weighted by Crippen LogP contribution is -2.28. The molecule has 0 bridgehead atoms. The Morgan fingerprint density at radius 3 is 2.75 bits per heavy atom. The second kappa shape index (κ2) is 4.89. The predicted molar refractivity (Wildman–Crippen MR) is 59.2 cm³/mol. The molecule has 0 unspecified atom stereocenters. The number of hydrogen-bond acceptors (Lipinski definition) is 5. The van der Waals surface area contributed by atoms with E-state index in [0.717, 1.165) is 15.6 Å². The van der Waals surface area contributed by atoms with Crippen LogP contribution in [0.4, 0.5) is 0 Å². The van der Waals surface area contributed by atoms with E-state index in [1.807, 2.05) is 6.92 Å². The number of aromatic carboxylic acids is 1. The molecule has 90 valence electrons. The van der Waals surface area contributed by atoms with Crippen LogP contribution in [0.3, 0.4) is 0 Å². The number of thiazole rings is 1. The number of hydrogen-bond donors (Lipinski definition) is 1. The maximum Gasteiger partial charge on any atom is 0.356 e. The highest BCUT2D eigenvalue weighted by Crippen LogP contribution is 2.23. The van der Waals surface area contributed by atoms with Crippen molar-refractivity contribution in [2.45, 2.75) is 17.6 Å². The van der Waals surface area contributed by atoms with Gasteiger partial charge in [-0.3, -0.25) is 0 Å². The zero-order chi connectivity index (χ0) is 12.3. The molecule has 0 aromatic carbocycles. The van der Waals surface area contributed by atoms with Crippen molar-refractivity contribution in [2.75, 3.05) is 13.6 Å². The lowest BCUT2D eigenvalue weighted by Gasteiger charge is -2.14. The average Bonchev–Trinajstić information content (AvgIpc) is 2.66. The van der Waals surface area contributed by atoms with Gasteiger partial charge < -0.3 is 5.11 Å². The van der Waals surface area contributed by atoms with E-state index >= 15 is 0 Å². The third kappa shape index (κ3) is 2.39. The maximum absolute atomic E-state index is 11.9. The first-order valence-corrected chi connectivity index (χ1v) is 6.86. The Morgan fingerprint density at radius 2 is 2.25 bits per heavy atom. The van der Waals surface area contributed by atoms with Crippen LogP contribution in [-0.4, -0.2) is 42.4 Å². The molecule has 0 atom stereocenters. The summed E-state index contributed by atoms with van der Waals surface area (Å²) in [5.74, 6) is -1.33. The normalized spacial score (nSPS) is 11.9. The van der Waals surface area contributed by atoms with Crippen LogP contribution in [0, 0.1) is 0 Å². The van der Waals surface area contributed by atoms with Crippen molar-refractivity contribution < 1.29 is 18.3 Å². The third-order valence-corrected chi connectivity index (χ3v) is 5.12. The number of aromatic nitrogens is 1. The van der Waals surface area contributed by atoms with Crippen LogP contribution in [0.2, 0.25) is 0 Å². The van der Waals surface area contributed by atoms with Gasteiger partial charge in [-0.2, -0.15) is 0 Å². The van der Waals surface area contributed by atoms with E-state index in [4.69, 9.17) is 5.11 Å². The molecule has 0 fully saturated rings. The van der Waals surface area contributed by atoms with Gasteiger partial charge in [-0.05, 0) is 6.42 Å². The van der Waals surface area contributed by atoms with Gasteiger partial charge in [0, 0.05) is 13.6 Å². The van der Waals surface area contributed by atoms with Crippen LogP contribution >= 0.6 is 11.3 Å². The molecule has 6 nitrogen and oxygen atoms in total. The van der Waals surface area contributed by atoms with Gasteiger partial charge in [0.1, 0.15) is 0 Å². The zero-order valence-electron chi connectivity index (χ0n) is 8.87. The largest absolute Gasteiger partial charge is 0.476 e. The summed E-state index contributed by atoms with van der Waals surface area (Å²) in [5, 5.41) is 8.79. The highest BCUT2D eigenvalue weighted by molar-refractivity contribution is 7.91. The second-order valence-electron chi connectivity index (χ2n) is 3.12. The molecule has 1 aromatic heterocycles. The van der Waals surface area contributed by atoms with Crippen LogP contribution in [0.25, 0.3) is 0 Å². The Bertz CT molecular complexity index is 480. The van der Waals surface area contributed by atoms with Gasteiger partial charge in [-0.15, -0.1) is 11.3 Å². The number of sulfonamides is 1. The second-order valence-corrected chi connectivity index (χ2v) is 6.22. The van der Waals surface area contributed by atoms with Gasteiger partial charge in [0.2, 0.25) is 0 Å². The highest BCUT2D eigenvalue weighted by atomic mass is 32.2. The molecule has 0 amide bonds. The van der Waals surface area contributed by atoms with Gasteiger partial charge >= 0.3 is 5.97 Å². The topological polar surface area (TPSA) is 87.6 Å². The van der Waals surface area contributed by atoms with E-state index in [1.54, 1.807) is 0 Å². The molecule has 0 saturated carbocycles. The smallest absolute Gasteiger partial charge is 0.356 e. The van der Waals surface area contributed by atoms with E-state index in [-0.39, 0.29) is 4.21 Å². The molecule has 0 radical (unpaired) electrons. The van der Waals surface area contributed by atoms with Crippen molar-refractivity contribution in [2.24, 2.45) is 0 Å². The standard InChI is InChI=1S/C8H12N2O4S2/c1-3-4-10(2)16(13,14)8-6(7(11)12)9-5-15-8/h5H,3-4H2,1-2H3,(H,11,12). The first-order chi connectivity index (χ1) is 7.41. The minimum absolute atomic E-state index is 0.212. The van der Waals surface area contributed by atoms with Gasteiger partial charge in [-0.25, -0.2) is 22.5 Å². The predicted octanol–water partition coefficient (Wildman–Crippen LogP) is 0.872. The number of carbonyl (C=O) groups is 1. The summed E-state index contributed by atoms with van der Waals surface area (Å²) >= 11 is 0.817. The molecule has 0 aliphatic heterocycles. The summed E-state index contributed by atoms with van der Waals surface area (Å²) in [5.41, 5.74) is 0.809. The monoisotopic (exact) mass is 264 g/mol. The molecule has 1 aromatic rings. The fourth-order valence-corrected chi connectivity index (χ4v) is 3.73. The van der Waals surface area contributed by atoms with E-state index in [2.05, 4.69) is 4.98 Å². The minimum Gasteiger partial charge on any atom is -0.476 e. The molecule has 1 heterocycles. The average molecular weight is 264 g/mol. The SMILES string of the molecule is CCCN(C)S(=O)(=O)c1scnc1C(=O)O. The van der Waals surface area contributed by atoms with Gasteiger partial charge in [-0.1, -0.05) is 6.92 Å². The molecule has 1 rings (SSSR count). The maximum atomic E-state index is 11.9. The number of carboxylic acid groups (broad SMARTS) is 1. The number of nitrogens with zero attached hydrogens (tertiary/aromatic N) is 2. The van der Waals surface area contributed by atoms with Crippen LogP contribution < -0.4 is 0 Å². The summed E-state index contributed by atoms with van der Waals surface area (Å²) in [6, 6.07) is 0. The molecular formula is C8H12N2O4S2. The molecule has 8 heteroatoms. The Labute approximate surface area is 97.6 Å². The van der Waals surface area contributed by atoms with Crippen molar-refractivity contribution in [3.63, 3.8) is 0 Å². The summed E-state index contributed by atoms with van der Waals surface area (Å²) in [6.45, 7) is 2.19. The molecule has 0 aliphatic carbocycles. The van der Waals surface area contributed by atoms with Crippen LogP contribution in [0.5, 0.6) is 0 Å². The van der Waals surface area contributed by atoms with Crippen molar-refractivity contribution in [3.05, 3.63) is 11.2 Å². The summed E-state index contributed by atoms with van der Waals surface area (Å²) < 4.78 is 24.8. The summed E-state index contributed by atoms with van der Waals surface area (Å²) in [4.78, 5) is 14.3. The number of carboxylic acids is 1. The molecule has 0 aliphatic rings. The summed E-state index contributed by atoms with van der Waals surface area (Å²) in [6.07, 6.45) is 0.664. The van der Waals surface area contributed by atoms with Crippen molar-refractivity contribution >= 4 is 27.3 Å². The third-order valence-electron chi connectivity index (χ3n) is 1.92. The van der Waals surface area contributed by atoms with Crippen LogP contribution in [-0.2, 0) is 10.0 Å². The first kappa shape index (κ1) is 13.1. The van der Waals surface area contributed by atoms with Crippen molar-refractivity contribution in [1.82, 2.24) is 9.29 Å². The quantitative estimate of drug-likeness (QED) is 0.852. The van der Waals surface area contributed by atoms with Gasteiger partial charge in [0.15, 0.2) is 9.90 Å². The van der Waals surface area contributed by atoms with Crippen LogP contribution in [0.15, 0.2) is 9.72 Å². The van der Waals surface area contributed by atoms with Gasteiger partial charge in [0.25, 0.3) is 10.0 Å². The van der Waals surface area contributed by atoms with E-state index in [0.29, 0.717) is 13.0 Å². The number of rotatable bonds is 5. The molecular weight excluding hydrogens is 252 g/mol. The molecule has 0 spiro atoms. The van der Waals surface area contributed by atoms with E-state index in [1.165, 1.54) is 12.6 Å². The van der Waals surface area contributed by atoms with Gasteiger partial charge in [0.05, 0.1) is 5.51 Å². The first-order valence-electron chi connectivity index (χ1n) is 4.54. The van der Waals surface area contributed by atoms with Crippen molar-refractivity contribution in [3.8, 4) is 0 Å². The fraction of sp³-hybridized carbons (Fsp3) is 0.500. The Hall–Kier alpha value is -0.990. The molecule has 16 heavy (non-hydrogen) atoms. The fourth-order valence-electron chi connectivity index (χ4n) is 1.14. The minimum atomic E-state index is -3.72. The highest BCUT2D eigenvalue weighted by Gasteiger charge is 2.28.